The summed E-state index contributed by atoms with van der Waals surface area (Å²) in [5.74, 6) is 0.0223. The average Bonchev–Trinajstić information content (AvgIpc) is 2.60. The summed E-state index contributed by atoms with van der Waals surface area (Å²) in [6.07, 6.45) is 6.67. The van der Waals surface area contributed by atoms with Crippen LogP contribution in [0.1, 0.15) is 32.4 Å². The Bertz CT molecular complexity index is 577. The van der Waals surface area contributed by atoms with Gasteiger partial charge in [-0.15, -0.1) is 0 Å². The minimum absolute atomic E-state index is 0.0223. The molecule has 122 valence electrons. The smallest absolute Gasteiger partial charge is 0.219 e. The van der Waals surface area contributed by atoms with Gasteiger partial charge in [0, 0.05) is 12.0 Å². The van der Waals surface area contributed by atoms with Crippen molar-refractivity contribution in [3.8, 4) is 6.07 Å². The normalized spacial score (nSPS) is 21.7. The molecular formula is C19H24N2O2. The molecule has 1 aromatic carbocycles. The Morgan fingerprint density at radius 2 is 1.91 bits per heavy atom. The van der Waals surface area contributed by atoms with Crippen molar-refractivity contribution in [2.45, 2.75) is 45.2 Å². The zero-order chi connectivity index (χ0) is 16.7. The molecule has 0 saturated carbocycles. The van der Waals surface area contributed by atoms with E-state index in [1.165, 1.54) is 0 Å². The van der Waals surface area contributed by atoms with E-state index >= 15 is 0 Å². The SMILES string of the molecule is C[C@@H]([C@H](C)OC1C=CC=CO1)[C@@H](C#N)N[C@@H](C)c1ccccc1. The molecule has 0 aromatic heterocycles. The fraction of sp³-hybridized carbons (Fsp3) is 0.421. The third kappa shape index (κ3) is 4.95. The van der Waals surface area contributed by atoms with Crippen LogP contribution in [0.25, 0.3) is 0 Å². The summed E-state index contributed by atoms with van der Waals surface area (Å²) in [5, 5.41) is 12.9. The van der Waals surface area contributed by atoms with Gasteiger partial charge < -0.3 is 9.47 Å². The Labute approximate surface area is 138 Å². The third-order valence-electron chi connectivity index (χ3n) is 4.15. The van der Waals surface area contributed by atoms with Crippen molar-refractivity contribution < 1.29 is 9.47 Å². The number of nitrogens with one attached hydrogen (secondary N) is 1. The highest BCUT2D eigenvalue weighted by Crippen LogP contribution is 2.19. The number of nitrogens with zero attached hydrogens (tertiary/aromatic N) is 1. The summed E-state index contributed by atoms with van der Waals surface area (Å²) in [7, 11) is 0. The summed E-state index contributed by atoms with van der Waals surface area (Å²) in [6, 6.07) is 12.3. The lowest BCUT2D eigenvalue weighted by Crippen LogP contribution is -2.41. The van der Waals surface area contributed by atoms with Crippen molar-refractivity contribution in [2.24, 2.45) is 5.92 Å². The van der Waals surface area contributed by atoms with Crippen LogP contribution in [0.3, 0.4) is 0 Å². The van der Waals surface area contributed by atoms with Crippen molar-refractivity contribution in [2.75, 3.05) is 0 Å². The zero-order valence-electron chi connectivity index (χ0n) is 13.8. The maximum absolute atomic E-state index is 9.52. The van der Waals surface area contributed by atoms with E-state index in [9.17, 15) is 5.26 Å². The molecule has 0 fully saturated rings. The molecule has 0 bridgehead atoms. The van der Waals surface area contributed by atoms with E-state index in [1.54, 1.807) is 6.26 Å². The third-order valence-corrected chi connectivity index (χ3v) is 4.15. The summed E-state index contributed by atoms with van der Waals surface area (Å²) in [6.45, 7) is 6.06. The van der Waals surface area contributed by atoms with Crippen LogP contribution in [-0.2, 0) is 9.47 Å². The molecule has 1 N–H and O–H groups in total. The van der Waals surface area contributed by atoms with Crippen molar-refractivity contribution >= 4 is 0 Å². The van der Waals surface area contributed by atoms with Gasteiger partial charge in [-0.1, -0.05) is 43.3 Å². The Balaban J connectivity index is 1.92. The number of hydrogen-bond acceptors (Lipinski definition) is 4. The van der Waals surface area contributed by atoms with E-state index in [2.05, 4.69) is 30.4 Å². The zero-order valence-corrected chi connectivity index (χ0v) is 13.8. The first-order chi connectivity index (χ1) is 11.1. The van der Waals surface area contributed by atoms with Gasteiger partial charge in [-0.3, -0.25) is 5.32 Å². The van der Waals surface area contributed by atoms with Crippen molar-refractivity contribution in [1.29, 1.82) is 5.26 Å². The van der Waals surface area contributed by atoms with E-state index < -0.39 is 0 Å². The van der Waals surface area contributed by atoms with Crippen LogP contribution in [0, 0.1) is 17.2 Å². The highest BCUT2D eigenvalue weighted by Gasteiger charge is 2.26. The second-order valence-electron chi connectivity index (χ2n) is 5.82. The van der Waals surface area contributed by atoms with Crippen LogP contribution < -0.4 is 5.32 Å². The summed E-state index contributed by atoms with van der Waals surface area (Å²) >= 11 is 0. The molecule has 0 amide bonds. The van der Waals surface area contributed by atoms with Gasteiger partial charge in [0.15, 0.2) is 0 Å². The number of nitriles is 1. The molecule has 0 spiro atoms. The Hall–Kier alpha value is -2.09. The van der Waals surface area contributed by atoms with Crippen molar-refractivity contribution in [3.05, 3.63) is 60.4 Å². The Kier molecular flexibility index (Phi) is 6.40. The molecule has 1 unspecified atom stereocenters. The first-order valence-corrected chi connectivity index (χ1v) is 7.96. The second kappa shape index (κ2) is 8.52. The van der Waals surface area contributed by atoms with Gasteiger partial charge in [-0.25, -0.2) is 0 Å². The van der Waals surface area contributed by atoms with Crippen molar-refractivity contribution in [3.63, 3.8) is 0 Å². The Morgan fingerprint density at radius 3 is 2.52 bits per heavy atom. The molecule has 1 aromatic rings. The highest BCUT2D eigenvalue weighted by molar-refractivity contribution is 5.19. The van der Waals surface area contributed by atoms with Crippen LogP contribution >= 0.6 is 0 Å². The lowest BCUT2D eigenvalue weighted by atomic mass is 9.96. The summed E-state index contributed by atoms with van der Waals surface area (Å²) in [4.78, 5) is 0. The molecule has 0 radical (unpaired) electrons. The number of rotatable bonds is 7. The van der Waals surface area contributed by atoms with Crippen molar-refractivity contribution in [1.82, 2.24) is 5.32 Å². The van der Waals surface area contributed by atoms with E-state index in [-0.39, 0.29) is 30.4 Å². The highest BCUT2D eigenvalue weighted by atomic mass is 16.7. The molecular weight excluding hydrogens is 288 g/mol. The Morgan fingerprint density at radius 1 is 1.17 bits per heavy atom. The van der Waals surface area contributed by atoms with E-state index in [1.807, 2.05) is 50.3 Å². The standard InChI is InChI=1S/C19H24N2O2/c1-14(16(3)23-19-11-7-8-12-22-19)18(13-20)21-15(2)17-9-5-4-6-10-17/h4-12,14-16,18-19,21H,1-3H3/t14-,15-,16-,18+,19?/m0/s1. The fourth-order valence-corrected chi connectivity index (χ4v) is 2.47. The van der Waals surface area contributed by atoms with Crippen LogP contribution in [0.5, 0.6) is 0 Å². The fourth-order valence-electron chi connectivity index (χ4n) is 2.47. The van der Waals surface area contributed by atoms with Gasteiger partial charge in [0.05, 0.1) is 18.4 Å². The average molecular weight is 312 g/mol. The maximum Gasteiger partial charge on any atom is 0.219 e. The molecule has 1 aliphatic heterocycles. The lowest BCUT2D eigenvalue weighted by Gasteiger charge is -2.29. The molecule has 0 aliphatic carbocycles. The van der Waals surface area contributed by atoms with E-state index in [0.29, 0.717) is 0 Å². The quantitative estimate of drug-likeness (QED) is 0.834. The van der Waals surface area contributed by atoms with E-state index in [4.69, 9.17) is 9.47 Å². The topological polar surface area (TPSA) is 54.3 Å². The first kappa shape index (κ1) is 17.3. The van der Waals surface area contributed by atoms with Gasteiger partial charge in [0.1, 0.15) is 6.04 Å². The van der Waals surface area contributed by atoms with Gasteiger partial charge >= 0.3 is 0 Å². The molecule has 4 heteroatoms. The van der Waals surface area contributed by atoms with E-state index in [0.717, 1.165) is 5.56 Å². The van der Waals surface area contributed by atoms with Gasteiger partial charge in [-0.05, 0) is 31.6 Å². The minimum atomic E-state index is -0.386. The molecule has 4 nitrogen and oxygen atoms in total. The van der Waals surface area contributed by atoms with Gasteiger partial charge in [-0.2, -0.15) is 5.26 Å². The number of hydrogen-bond donors (Lipinski definition) is 1. The van der Waals surface area contributed by atoms with Crippen LogP contribution in [0.2, 0.25) is 0 Å². The molecule has 1 heterocycles. The van der Waals surface area contributed by atoms with Gasteiger partial charge in [0.2, 0.25) is 6.29 Å². The molecule has 23 heavy (non-hydrogen) atoms. The number of benzene rings is 1. The predicted octanol–water partition coefficient (Wildman–Crippen LogP) is 3.70. The van der Waals surface area contributed by atoms with Crippen LogP contribution in [0.15, 0.2) is 54.8 Å². The minimum Gasteiger partial charge on any atom is -0.469 e. The largest absolute Gasteiger partial charge is 0.469 e. The van der Waals surface area contributed by atoms with Crippen LogP contribution in [-0.4, -0.2) is 18.4 Å². The first-order valence-electron chi connectivity index (χ1n) is 7.96. The maximum atomic E-state index is 9.52. The lowest BCUT2D eigenvalue weighted by molar-refractivity contribution is -0.123. The number of allylic oxidation sites excluding steroid dienone is 2. The molecule has 5 atom stereocenters. The summed E-state index contributed by atoms with van der Waals surface area (Å²) < 4.78 is 11.2. The van der Waals surface area contributed by atoms with Gasteiger partial charge in [0.25, 0.3) is 0 Å². The molecule has 2 rings (SSSR count). The summed E-state index contributed by atoms with van der Waals surface area (Å²) in [5.41, 5.74) is 1.16. The molecule has 1 aliphatic rings. The molecule has 0 saturated heterocycles. The number of ether oxygens (including phenoxy) is 2. The van der Waals surface area contributed by atoms with Crippen LogP contribution in [0.4, 0.5) is 0 Å². The second-order valence-corrected chi connectivity index (χ2v) is 5.82. The monoisotopic (exact) mass is 312 g/mol. The predicted molar refractivity (Wildman–Crippen MR) is 90.3 cm³/mol.